The highest BCUT2D eigenvalue weighted by atomic mass is 16.4. The topological polar surface area (TPSA) is 98.7 Å². The molecule has 0 radical (unpaired) electrons. The van der Waals surface area contributed by atoms with Gasteiger partial charge in [0.25, 0.3) is 0 Å². The first kappa shape index (κ1) is 17.6. The lowest BCUT2D eigenvalue weighted by molar-refractivity contribution is -0.130. The van der Waals surface area contributed by atoms with Gasteiger partial charge in [-0.1, -0.05) is 6.92 Å². The molecule has 25 heavy (non-hydrogen) atoms. The Hall–Kier alpha value is -2.22. The lowest BCUT2D eigenvalue weighted by atomic mass is 9.99. The van der Waals surface area contributed by atoms with Gasteiger partial charge in [-0.05, 0) is 37.7 Å². The van der Waals surface area contributed by atoms with Crippen molar-refractivity contribution in [2.24, 2.45) is 5.92 Å². The zero-order valence-corrected chi connectivity index (χ0v) is 14.7. The van der Waals surface area contributed by atoms with Crippen molar-refractivity contribution in [1.29, 1.82) is 0 Å². The van der Waals surface area contributed by atoms with E-state index in [4.69, 9.17) is 0 Å². The molecule has 1 amide bonds. The molecule has 0 spiro atoms. The van der Waals surface area contributed by atoms with E-state index in [0.717, 1.165) is 24.8 Å². The highest BCUT2D eigenvalue weighted by molar-refractivity contribution is 5.90. The Morgan fingerprint density at radius 1 is 1.32 bits per heavy atom. The number of carboxylic acid groups (broad SMARTS) is 1. The van der Waals surface area contributed by atoms with Gasteiger partial charge in [0.15, 0.2) is 11.4 Å². The highest BCUT2D eigenvalue weighted by Crippen LogP contribution is 2.30. The van der Waals surface area contributed by atoms with Crippen LogP contribution >= 0.6 is 0 Å². The number of anilines is 1. The Morgan fingerprint density at radius 3 is 2.52 bits per heavy atom. The van der Waals surface area contributed by atoms with Gasteiger partial charge in [0.1, 0.15) is 0 Å². The van der Waals surface area contributed by atoms with Crippen LogP contribution in [-0.2, 0) is 11.2 Å². The van der Waals surface area contributed by atoms with Crippen molar-refractivity contribution in [1.82, 2.24) is 20.2 Å². The van der Waals surface area contributed by atoms with Crippen LogP contribution in [0, 0.1) is 5.92 Å². The summed E-state index contributed by atoms with van der Waals surface area (Å²) in [5.41, 5.74) is -0.211. The van der Waals surface area contributed by atoms with E-state index >= 15 is 0 Å². The number of hydrogen-bond acceptors (Lipinski definition) is 6. The van der Waals surface area contributed by atoms with Gasteiger partial charge in [-0.15, -0.1) is 0 Å². The molecule has 8 nitrogen and oxygen atoms in total. The molecule has 0 aromatic carbocycles. The lowest BCUT2D eigenvalue weighted by Crippen LogP contribution is -2.74. The van der Waals surface area contributed by atoms with Crippen LogP contribution in [0.5, 0.6) is 0 Å². The second-order valence-electron chi connectivity index (χ2n) is 6.84. The van der Waals surface area contributed by atoms with Gasteiger partial charge in [-0.2, -0.15) is 0 Å². The van der Waals surface area contributed by atoms with Gasteiger partial charge < -0.3 is 10.0 Å². The van der Waals surface area contributed by atoms with Crippen LogP contribution < -0.4 is 10.2 Å². The average molecular weight is 347 g/mol. The third-order valence-corrected chi connectivity index (χ3v) is 5.05. The minimum Gasteiger partial charge on any atom is -0.465 e. The van der Waals surface area contributed by atoms with E-state index in [1.54, 1.807) is 12.4 Å². The largest absolute Gasteiger partial charge is 0.465 e. The summed E-state index contributed by atoms with van der Waals surface area (Å²) in [6.07, 6.45) is 5.57. The van der Waals surface area contributed by atoms with E-state index in [0.29, 0.717) is 25.0 Å². The minimum atomic E-state index is -1.25. The van der Waals surface area contributed by atoms with Gasteiger partial charge in [0, 0.05) is 32.0 Å². The highest BCUT2D eigenvalue weighted by Gasteiger charge is 2.49. The van der Waals surface area contributed by atoms with Gasteiger partial charge in [-0.25, -0.2) is 14.8 Å². The molecule has 2 aliphatic rings. The molecule has 1 aliphatic carbocycles. The summed E-state index contributed by atoms with van der Waals surface area (Å²) in [4.78, 5) is 36.1. The number of ketones is 1. The lowest BCUT2D eigenvalue weighted by Gasteiger charge is -2.48. The van der Waals surface area contributed by atoms with E-state index in [9.17, 15) is 14.7 Å². The number of carbonyl (C=O) groups excluding carboxylic acids is 1. The number of nitrogens with zero attached hydrogens (tertiary/aromatic N) is 4. The van der Waals surface area contributed by atoms with Crippen molar-refractivity contribution in [3.8, 4) is 0 Å². The number of rotatable bonds is 6. The van der Waals surface area contributed by atoms with Gasteiger partial charge in [0.05, 0.1) is 6.54 Å². The van der Waals surface area contributed by atoms with Crippen LogP contribution in [0.4, 0.5) is 10.7 Å². The SMILES string of the molecule is CCc1cnc(N2CCN(C(=O)O)C(NCC3CC3)(C(C)=O)C2)nc1. The average Bonchev–Trinajstić information content (AvgIpc) is 3.44. The third kappa shape index (κ3) is 3.58. The van der Waals surface area contributed by atoms with E-state index in [-0.39, 0.29) is 18.9 Å². The summed E-state index contributed by atoms with van der Waals surface area (Å²) in [5, 5.41) is 12.9. The fourth-order valence-corrected chi connectivity index (χ4v) is 3.19. The monoisotopic (exact) mass is 347 g/mol. The second-order valence-corrected chi connectivity index (χ2v) is 6.84. The van der Waals surface area contributed by atoms with Crippen molar-refractivity contribution < 1.29 is 14.7 Å². The van der Waals surface area contributed by atoms with Crippen LogP contribution in [0.1, 0.15) is 32.3 Å². The number of nitrogens with one attached hydrogen (secondary N) is 1. The van der Waals surface area contributed by atoms with Crippen molar-refractivity contribution in [2.75, 3.05) is 31.1 Å². The predicted octanol–water partition coefficient (Wildman–Crippen LogP) is 1.12. The Bertz CT molecular complexity index is 646. The van der Waals surface area contributed by atoms with Crippen molar-refractivity contribution in [3.63, 3.8) is 0 Å². The van der Waals surface area contributed by atoms with Crippen LogP contribution in [0.15, 0.2) is 12.4 Å². The molecule has 1 saturated carbocycles. The molecule has 2 heterocycles. The molecule has 3 rings (SSSR count). The number of amides is 1. The smallest absolute Gasteiger partial charge is 0.409 e. The molecule has 0 bridgehead atoms. The third-order valence-electron chi connectivity index (χ3n) is 5.05. The number of aromatic nitrogens is 2. The summed E-state index contributed by atoms with van der Waals surface area (Å²) < 4.78 is 0. The number of carbonyl (C=O) groups is 2. The first-order chi connectivity index (χ1) is 12.0. The quantitative estimate of drug-likeness (QED) is 0.796. The van der Waals surface area contributed by atoms with E-state index in [2.05, 4.69) is 15.3 Å². The first-order valence-electron chi connectivity index (χ1n) is 8.78. The van der Waals surface area contributed by atoms with Gasteiger partial charge >= 0.3 is 6.09 Å². The maximum Gasteiger partial charge on any atom is 0.409 e. The number of hydrogen-bond donors (Lipinski definition) is 2. The van der Waals surface area contributed by atoms with Crippen LogP contribution in [0.2, 0.25) is 0 Å². The molecule has 136 valence electrons. The number of aryl methyl sites for hydroxylation is 1. The fourth-order valence-electron chi connectivity index (χ4n) is 3.19. The summed E-state index contributed by atoms with van der Waals surface area (Å²) >= 11 is 0. The molecule has 8 heteroatoms. The first-order valence-corrected chi connectivity index (χ1v) is 8.78. The molecular formula is C17H25N5O3. The minimum absolute atomic E-state index is 0.203. The molecule has 1 aliphatic heterocycles. The Kier molecular flexibility index (Phi) is 4.89. The van der Waals surface area contributed by atoms with Crippen LogP contribution in [-0.4, -0.2) is 63.7 Å². The van der Waals surface area contributed by atoms with Gasteiger partial charge in [-0.3, -0.25) is 15.0 Å². The zero-order chi connectivity index (χ0) is 18.0. The Morgan fingerprint density at radius 2 is 2.00 bits per heavy atom. The van der Waals surface area contributed by atoms with Crippen LogP contribution in [0.25, 0.3) is 0 Å². The normalized spacial score (nSPS) is 23.6. The summed E-state index contributed by atoms with van der Waals surface area (Å²) in [6, 6.07) is 0. The van der Waals surface area contributed by atoms with E-state index in [1.165, 1.54) is 11.8 Å². The van der Waals surface area contributed by atoms with Crippen molar-refractivity contribution in [2.45, 2.75) is 38.8 Å². The Labute approximate surface area is 147 Å². The molecule has 1 saturated heterocycles. The standard InChI is InChI=1S/C17H25N5O3/c1-3-13-8-18-15(19-9-13)21-6-7-22(16(24)25)17(11-21,12(2)23)20-10-14-4-5-14/h8-9,14,20H,3-7,10-11H2,1-2H3,(H,24,25). The van der Waals surface area contributed by atoms with Crippen LogP contribution in [0.3, 0.4) is 0 Å². The summed E-state index contributed by atoms with van der Waals surface area (Å²) in [6.45, 7) is 5.02. The number of Topliss-reactive ketones (excluding diaryl/α,β-unsaturated/α-hetero) is 1. The maximum absolute atomic E-state index is 12.5. The van der Waals surface area contributed by atoms with Gasteiger partial charge in [0.2, 0.25) is 5.95 Å². The molecule has 2 fully saturated rings. The maximum atomic E-state index is 12.5. The molecule has 2 N–H and O–H groups in total. The molecule has 1 atom stereocenters. The summed E-state index contributed by atoms with van der Waals surface area (Å²) in [5.74, 6) is 0.855. The second kappa shape index (κ2) is 6.95. The number of piperazine rings is 1. The van der Waals surface area contributed by atoms with Crippen molar-refractivity contribution in [3.05, 3.63) is 18.0 Å². The molecule has 1 unspecified atom stereocenters. The van der Waals surface area contributed by atoms with E-state index < -0.39 is 11.8 Å². The zero-order valence-electron chi connectivity index (χ0n) is 14.7. The predicted molar refractivity (Wildman–Crippen MR) is 92.5 cm³/mol. The molecule has 1 aromatic rings. The summed E-state index contributed by atoms with van der Waals surface area (Å²) in [7, 11) is 0. The molecule has 1 aromatic heterocycles. The van der Waals surface area contributed by atoms with E-state index in [1.807, 2.05) is 11.8 Å². The Balaban J connectivity index is 1.86. The van der Waals surface area contributed by atoms with Crippen molar-refractivity contribution >= 4 is 17.8 Å². The molecular weight excluding hydrogens is 322 g/mol. The fraction of sp³-hybridized carbons (Fsp3) is 0.647.